The Morgan fingerprint density at radius 2 is 0.964 bits per heavy atom. The second kappa shape index (κ2) is 17.7. The number of carbonyl (C=O) groups excluding carboxylic acids is 2. The van der Waals surface area contributed by atoms with Crippen LogP contribution in [0.3, 0.4) is 0 Å². The van der Waals surface area contributed by atoms with Gasteiger partial charge < -0.3 is 10.6 Å². The molecule has 0 aromatic heterocycles. The minimum Gasteiger partial charge on any atom is -0.351 e. The largest absolute Gasteiger partial charge is 0.351 e. The van der Waals surface area contributed by atoms with Crippen molar-refractivity contribution in [2.24, 2.45) is 0 Å². The first kappa shape index (κ1) is 25.9. The average molecular weight is 524 g/mol. The SMILES string of the molecule is O=C(CCCCCCCBr)N[C@H]1CCCC[C@@H]1NC(=O)CCCCCCCBr. The van der Waals surface area contributed by atoms with E-state index in [0.29, 0.717) is 12.8 Å². The van der Waals surface area contributed by atoms with Gasteiger partial charge in [-0.2, -0.15) is 0 Å². The fourth-order valence-electron chi connectivity index (χ4n) is 3.86. The summed E-state index contributed by atoms with van der Waals surface area (Å²) in [5.74, 6) is 0.303. The lowest BCUT2D eigenvalue weighted by atomic mass is 9.90. The zero-order chi connectivity index (χ0) is 20.5. The van der Waals surface area contributed by atoms with E-state index in [1.165, 1.54) is 38.5 Å². The minimum absolute atomic E-state index is 0.109. The first-order valence-corrected chi connectivity index (χ1v) is 13.6. The molecule has 0 aromatic carbocycles. The smallest absolute Gasteiger partial charge is 0.220 e. The Morgan fingerprint density at radius 1 is 0.607 bits per heavy atom. The highest BCUT2D eigenvalue weighted by Gasteiger charge is 2.27. The molecule has 1 aliphatic carbocycles. The van der Waals surface area contributed by atoms with Gasteiger partial charge in [-0.15, -0.1) is 0 Å². The highest BCUT2D eigenvalue weighted by atomic mass is 79.9. The lowest BCUT2D eigenvalue weighted by molar-refractivity contribution is -0.125. The van der Waals surface area contributed by atoms with Gasteiger partial charge in [0.25, 0.3) is 0 Å². The van der Waals surface area contributed by atoms with Gasteiger partial charge in [-0.25, -0.2) is 0 Å². The standard InChI is InChI=1S/C22H40Br2N2O2/c23-17-11-5-1-3-7-15-21(27)25-19-13-9-10-14-20(19)26-22(28)16-8-4-2-6-12-18-24/h19-20H,1-18H2,(H,25,27)(H,26,28)/t19-,20-/m0/s1. The van der Waals surface area contributed by atoms with E-state index >= 15 is 0 Å². The summed E-state index contributed by atoms with van der Waals surface area (Å²) in [4.78, 5) is 24.6. The highest BCUT2D eigenvalue weighted by molar-refractivity contribution is 9.09. The Hall–Kier alpha value is -0.100. The van der Waals surface area contributed by atoms with Crippen LogP contribution in [0.15, 0.2) is 0 Å². The molecule has 0 radical (unpaired) electrons. The number of nitrogens with one attached hydrogen (secondary N) is 2. The number of unbranched alkanes of at least 4 members (excludes halogenated alkanes) is 8. The fourth-order valence-corrected chi connectivity index (χ4v) is 4.65. The Kier molecular flexibility index (Phi) is 16.4. The fraction of sp³-hybridized carbons (Fsp3) is 0.909. The topological polar surface area (TPSA) is 58.2 Å². The van der Waals surface area contributed by atoms with Crippen LogP contribution in [0.1, 0.15) is 103 Å². The van der Waals surface area contributed by atoms with Gasteiger partial charge in [0.1, 0.15) is 0 Å². The molecule has 0 bridgehead atoms. The third kappa shape index (κ3) is 13.2. The van der Waals surface area contributed by atoms with Gasteiger partial charge in [0.05, 0.1) is 0 Å². The molecular weight excluding hydrogens is 484 g/mol. The summed E-state index contributed by atoms with van der Waals surface area (Å²) in [5.41, 5.74) is 0. The molecular formula is C22H40Br2N2O2. The predicted molar refractivity (Wildman–Crippen MR) is 125 cm³/mol. The first-order chi connectivity index (χ1) is 13.7. The third-order valence-electron chi connectivity index (χ3n) is 5.53. The molecule has 164 valence electrons. The molecule has 0 spiro atoms. The van der Waals surface area contributed by atoms with Gasteiger partial charge >= 0.3 is 0 Å². The Morgan fingerprint density at radius 3 is 1.36 bits per heavy atom. The van der Waals surface area contributed by atoms with Crippen LogP contribution in [0.5, 0.6) is 0 Å². The Labute approximate surface area is 189 Å². The van der Waals surface area contributed by atoms with Crippen LogP contribution in [0.25, 0.3) is 0 Å². The van der Waals surface area contributed by atoms with Crippen LogP contribution >= 0.6 is 31.9 Å². The van der Waals surface area contributed by atoms with E-state index in [9.17, 15) is 9.59 Å². The van der Waals surface area contributed by atoms with Crippen LogP contribution < -0.4 is 10.6 Å². The van der Waals surface area contributed by atoms with Gasteiger partial charge in [-0.1, -0.05) is 83.2 Å². The van der Waals surface area contributed by atoms with Crippen molar-refractivity contribution >= 4 is 43.7 Å². The van der Waals surface area contributed by atoms with Gasteiger partial charge in [-0.3, -0.25) is 9.59 Å². The summed E-state index contributed by atoms with van der Waals surface area (Å²) in [6.07, 6.45) is 17.0. The maximum atomic E-state index is 12.3. The van der Waals surface area contributed by atoms with E-state index in [0.717, 1.165) is 62.0 Å². The molecule has 28 heavy (non-hydrogen) atoms. The lowest BCUT2D eigenvalue weighted by Gasteiger charge is -2.33. The molecule has 0 aromatic rings. The van der Waals surface area contributed by atoms with Crippen molar-refractivity contribution in [3.63, 3.8) is 0 Å². The summed E-state index contributed by atoms with van der Waals surface area (Å²) in [6.45, 7) is 0. The van der Waals surface area contributed by atoms with Crippen molar-refractivity contribution in [3.05, 3.63) is 0 Å². The molecule has 2 amide bonds. The number of hydrogen-bond donors (Lipinski definition) is 2. The molecule has 4 nitrogen and oxygen atoms in total. The summed E-state index contributed by atoms with van der Waals surface area (Å²) >= 11 is 6.90. The van der Waals surface area contributed by atoms with Crippen LogP contribution in [-0.2, 0) is 9.59 Å². The summed E-state index contributed by atoms with van der Waals surface area (Å²) < 4.78 is 0. The van der Waals surface area contributed by atoms with Crippen molar-refractivity contribution < 1.29 is 9.59 Å². The van der Waals surface area contributed by atoms with Gasteiger partial charge in [0, 0.05) is 35.6 Å². The first-order valence-electron chi connectivity index (χ1n) is 11.4. The molecule has 6 heteroatoms. The van der Waals surface area contributed by atoms with Crippen LogP contribution in [0.2, 0.25) is 0 Å². The van der Waals surface area contributed by atoms with Crippen molar-refractivity contribution in [2.75, 3.05) is 10.7 Å². The van der Waals surface area contributed by atoms with E-state index in [4.69, 9.17) is 0 Å². The van der Waals surface area contributed by atoms with E-state index in [-0.39, 0.29) is 23.9 Å². The molecule has 0 saturated heterocycles. The number of amides is 2. The molecule has 0 heterocycles. The average Bonchev–Trinajstić information content (AvgIpc) is 2.69. The summed E-state index contributed by atoms with van der Waals surface area (Å²) in [7, 11) is 0. The molecule has 2 atom stereocenters. The Balaban J connectivity index is 2.21. The van der Waals surface area contributed by atoms with Gasteiger partial charge in [-0.05, 0) is 38.5 Å². The van der Waals surface area contributed by atoms with Gasteiger partial charge in [0.2, 0.25) is 11.8 Å². The van der Waals surface area contributed by atoms with Crippen LogP contribution in [0, 0.1) is 0 Å². The minimum atomic E-state index is 0.109. The van der Waals surface area contributed by atoms with Gasteiger partial charge in [0.15, 0.2) is 0 Å². The van der Waals surface area contributed by atoms with E-state index in [1.807, 2.05) is 0 Å². The quantitative estimate of drug-likeness (QED) is 0.192. The number of carbonyl (C=O) groups is 2. The lowest BCUT2D eigenvalue weighted by Crippen LogP contribution is -2.53. The molecule has 1 aliphatic rings. The predicted octanol–water partition coefficient (Wildman–Crippen LogP) is 6.00. The van der Waals surface area contributed by atoms with Crippen LogP contribution in [-0.4, -0.2) is 34.6 Å². The molecule has 0 unspecified atom stereocenters. The van der Waals surface area contributed by atoms with Crippen molar-refractivity contribution in [1.82, 2.24) is 10.6 Å². The normalized spacial score (nSPS) is 19.4. The van der Waals surface area contributed by atoms with E-state index in [2.05, 4.69) is 42.5 Å². The number of halogens is 2. The Bertz CT molecular complexity index is 383. The maximum absolute atomic E-state index is 12.3. The second-order valence-corrected chi connectivity index (χ2v) is 9.63. The second-order valence-electron chi connectivity index (χ2n) is 8.05. The van der Waals surface area contributed by atoms with Crippen molar-refractivity contribution in [3.8, 4) is 0 Å². The zero-order valence-electron chi connectivity index (χ0n) is 17.5. The monoisotopic (exact) mass is 522 g/mol. The summed E-state index contributed by atoms with van der Waals surface area (Å²) in [6, 6.07) is 0.218. The maximum Gasteiger partial charge on any atom is 0.220 e. The van der Waals surface area contributed by atoms with E-state index < -0.39 is 0 Å². The van der Waals surface area contributed by atoms with Crippen molar-refractivity contribution in [2.45, 2.75) is 115 Å². The van der Waals surface area contributed by atoms with E-state index in [1.54, 1.807) is 0 Å². The number of rotatable bonds is 16. The number of alkyl halides is 2. The summed E-state index contributed by atoms with van der Waals surface area (Å²) in [5, 5.41) is 8.54. The van der Waals surface area contributed by atoms with Crippen LogP contribution in [0.4, 0.5) is 0 Å². The third-order valence-corrected chi connectivity index (χ3v) is 6.66. The molecule has 0 aliphatic heterocycles. The van der Waals surface area contributed by atoms with Crippen molar-refractivity contribution in [1.29, 1.82) is 0 Å². The number of hydrogen-bond acceptors (Lipinski definition) is 2. The molecule has 2 N–H and O–H groups in total. The molecule has 1 fully saturated rings. The highest BCUT2D eigenvalue weighted by Crippen LogP contribution is 2.19. The molecule has 1 rings (SSSR count). The zero-order valence-corrected chi connectivity index (χ0v) is 20.6. The molecule has 1 saturated carbocycles.